The molecule has 1 atom stereocenters. The highest BCUT2D eigenvalue weighted by Crippen LogP contribution is 2.28. The van der Waals surface area contributed by atoms with Crippen LogP contribution >= 0.6 is 11.6 Å². The number of anilines is 1. The fourth-order valence-corrected chi connectivity index (χ4v) is 4.15. The van der Waals surface area contributed by atoms with Crippen molar-refractivity contribution in [3.05, 3.63) is 100 Å². The van der Waals surface area contributed by atoms with Crippen LogP contribution in [-0.2, 0) is 6.54 Å². The second kappa shape index (κ2) is 10.5. The lowest BCUT2D eigenvalue weighted by Crippen LogP contribution is -2.41. The summed E-state index contributed by atoms with van der Waals surface area (Å²) in [6.07, 6.45) is 1.81. The molecule has 0 spiro atoms. The first-order chi connectivity index (χ1) is 16.0. The second-order valence-electron chi connectivity index (χ2n) is 8.12. The minimum atomic E-state index is -0.342. The number of nitrogens with one attached hydrogen (secondary N) is 2. The molecule has 1 fully saturated rings. The highest BCUT2D eigenvalue weighted by Gasteiger charge is 2.25. The molecule has 3 amide bonds. The molecule has 0 bridgehead atoms. The van der Waals surface area contributed by atoms with Crippen molar-refractivity contribution in [2.24, 2.45) is 0 Å². The first-order valence-corrected chi connectivity index (χ1v) is 11.3. The van der Waals surface area contributed by atoms with Crippen LogP contribution in [0.15, 0.2) is 72.8 Å². The van der Waals surface area contributed by atoms with Crippen LogP contribution in [0.2, 0.25) is 5.02 Å². The molecule has 0 unspecified atom stereocenters. The van der Waals surface area contributed by atoms with Gasteiger partial charge in [-0.1, -0.05) is 41.9 Å². The van der Waals surface area contributed by atoms with Crippen molar-refractivity contribution >= 4 is 29.2 Å². The third-order valence-corrected chi connectivity index (χ3v) is 6.07. The maximum atomic E-state index is 13.8. The maximum absolute atomic E-state index is 13.8. The number of carbonyl (C=O) groups is 2. The first kappa shape index (κ1) is 22.8. The third-order valence-electron chi connectivity index (χ3n) is 5.82. The van der Waals surface area contributed by atoms with Crippen molar-refractivity contribution in [2.45, 2.75) is 25.3 Å². The summed E-state index contributed by atoms with van der Waals surface area (Å²) in [4.78, 5) is 27.2. The summed E-state index contributed by atoms with van der Waals surface area (Å²) in [7, 11) is 0. The number of halogens is 2. The van der Waals surface area contributed by atoms with Gasteiger partial charge in [0.25, 0.3) is 5.91 Å². The molecular formula is C26H25ClFN3O2. The van der Waals surface area contributed by atoms with Crippen molar-refractivity contribution in [1.29, 1.82) is 0 Å². The van der Waals surface area contributed by atoms with Gasteiger partial charge in [0.1, 0.15) is 5.82 Å². The number of piperidine rings is 1. The van der Waals surface area contributed by atoms with Crippen LogP contribution in [0.1, 0.15) is 40.2 Å². The predicted octanol–water partition coefficient (Wildman–Crippen LogP) is 5.82. The van der Waals surface area contributed by atoms with E-state index in [0.717, 1.165) is 18.4 Å². The van der Waals surface area contributed by atoms with Crippen molar-refractivity contribution in [2.75, 3.05) is 18.4 Å². The molecule has 3 aromatic carbocycles. The third kappa shape index (κ3) is 5.90. The van der Waals surface area contributed by atoms with Gasteiger partial charge in [-0.05, 0) is 60.9 Å². The molecule has 0 aliphatic carbocycles. The number of benzene rings is 3. The number of carbonyl (C=O) groups excluding carboxylic acids is 2. The largest absolute Gasteiger partial charge is 0.348 e. The van der Waals surface area contributed by atoms with E-state index in [4.69, 9.17) is 11.6 Å². The van der Waals surface area contributed by atoms with E-state index in [0.29, 0.717) is 34.9 Å². The van der Waals surface area contributed by atoms with E-state index in [-0.39, 0.29) is 30.2 Å². The molecule has 4 rings (SSSR count). The van der Waals surface area contributed by atoms with Crippen LogP contribution in [0.5, 0.6) is 0 Å². The predicted molar refractivity (Wildman–Crippen MR) is 128 cm³/mol. The Morgan fingerprint density at radius 3 is 2.61 bits per heavy atom. The van der Waals surface area contributed by atoms with Gasteiger partial charge < -0.3 is 15.5 Å². The minimum Gasteiger partial charge on any atom is -0.348 e. The molecular weight excluding hydrogens is 441 g/mol. The lowest BCUT2D eigenvalue weighted by Gasteiger charge is -2.33. The van der Waals surface area contributed by atoms with Gasteiger partial charge in [-0.2, -0.15) is 0 Å². The number of likely N-dealkylation sites (tertiary alicyclic amines) is 1. The fraction of sp³-hybridized carbons (Fsp3) is 0.231. The Morgan fingerprint density at radius 1 is 1.03 bits per heavy atom. The molecule has 2 N–H and O–H groups in total. The SMILES string of the molecule is O=C(NCc1ccccc1F)c1cccc([C@H]2CCCN(C(=O)Nc3ccc(Cl)cc3)C2)c1. The van der Waals surface area contributed by atoms with Crippen LogP contribution in [0.25, 0.3) is 0 Å². The van der Waals surface area contributed by atoms with Gasteiger partial charge in [-0.3, -0.25) is 4.79 Å². The fourth-order valence-electron chi connectivity index (χ4n) is 4.02. The molecule has 7 heteroatoms. The number of hydrogen-bond donors (Lipinski definition) is 2. The molecule has 170 valence electrons. The van der Waals surface area contributed by atoms with Crippen LogP contribution in [0.3, 0.4) is 0 Å². The van der Waals surface area contributed by atoms with Crippen LogP contribution in [0.4, 0.5) is 14.9 Å². The summed E-state index contributed by atoms with van der Waals surface area (Å²) in [5.41, 5.74) is 2.67. The zero-order chi connectivity index (χ0) is 23.2. The van der Waals surface area contributed by atoms with Crippen molar-refractivity contribution < 1.29 is 14.0 Å². The average Bonchev–Trinajstić information content (AvgIpc) is 2.85. The van der Waals surface area contributed by atoms with E-state index in [1.807, 2.05) is 18.2 Å². The maximum Gasteiger partial charge on any atom is 0.321 e. The first-order valence-electron chi connectivity index (χ1n) is 10.9. The summed E-state index contributed by atoms with van der Waals surface area (Å²) in [6, 6.07) is 20.7. The van der Waals surface area contributed by atoms with Gasteiger partial charge in [0.2, 0.25) is 0 Å². The smallest absolute Gasteiger partial charge is 0.321 e. The number of hydrogen-bond acceptors (Lipinski definition) is 2. The van der Waals surface area contributed by atoms with E-state index >= 15 is 0 Å². The van der Waals surface area contributed by atoms with E-state index in [9.17, 15) is 14.0 Å². The summed E-state index contributed by atoms with van der Waals surface area (Å²) in [6.45, 7) is 1.37. The zero-order valence-corrected chi connectivity index (χ0v) is 18.8. The number of rotatable bonds is 5. The number of nitrogens with zero attached hydrogens (tertiary/aromatic N) is 1. The van der Waals surface area contributed by atoms with Crippen LogP contribution in [0, 0.1) is 5.82 Å². The summed E-state index contributed by atoms with van der Waals surface area (Å²) >= 11 is 5.91. The Morgan fingerprint density at radius 2 is 1.82 bits per heavy atom. The standard InChI is InChI=1S/C26H25ClFN3O2/c27-22-10-12-23(13-11-22)30-26(33)31-14-4-8-21(17-31)18-6-3-7-19(15-18)25(32)29-16-20-5-1-2-9-24(20)28/h1-3,5-7,9-13,15,21H,4,8,14,16-17H2,(H,29,32)(H,30,33)/t21-/m0/s1. The Labute approximate surface area is 197 Å². The van der Waals surface area contributed by atoms with E-state index in [1.165, 1.54) is 6.07 Å². The number of amides is 3. The van der Waals surface area contributed by atoms with Gasteiger partial charge in [-0.15, -0.1) is 0 Å². The van der Waals surface area contributed by atoms with E-state index < -0.39 is 0 Å². The Kier molecular flexibility index (Phi) is 7.25. The topological polar surface area (TPSA) is 61.4 Å². The van der Waals surface area contributed by atoms with E-state index in [2.05, 4.69) is 10.6 Å². The normalized spacial score (nSPS) is 15.7. The van der Waals surface area contributed by atoms with Crippen molar-refractivity contribution in [3.8, 4) is 0 Å². The van der Waals surface area contributed by atoms with Crippen molar-refractivity contribution in [3.63, 3.8) is 0 Å². The van der Waals surface area contributed by atoms with Gasteiger partial charge in [0.05, 0.1) is 0 Å². The molecule has 1 aliphatic rings. The van der Waals surface area contributed by atoms with Crippen LogP contribution in [-0.4, -0.2) is 29.9 Å². The second-order valence-corrected chi connectivity index (χ2v) is 8.56. The minimum absolute atomic E-state index is 0.123. The highest BCUT2D eigenvalue weighted by molar-refractivity contribution is 6.30. The number of urea groups is 1. The zero-order valence-electron chi connectivity index (χ0n) is 18.1. The average molecular weight is 466 g/mol. The van der Waals surface area contributed by atoms with Gasteiger partial charge >= 0.3 is 6.03 Å². The Hall–Kier alpha value is -3.38. The lowest BCUT2D eigenvalue weighted by molar-refractivity contribution is 0.0950. The monoisotopic (exact) mass is 465 g/mol. The molecule has 1 saturated heterocycles. The molecule has 1 aliphatic heterocycles. The lowest BCUT2D eigenvalue weighted by atomic mass is 9.89. The van der Waals surface area contributed by atoms with E-state index in [1.54, 1.807) is 53.4 Å². The Balaban J connectivity index is 1.38. The van der Waals surface area contributed by atoms with Crippen molar-refractivity contribution in [1.82, 2.24) is 10.2 Å². The molecule has 5 nitrogen and oxygen atoms in total. The van der Waals surface area contributed by atoms with Crippen LogP contribution < -0.4 is 10.6 Å². The quantitative estimate of drug-likeness (QED) is 0.498. The van der Waals surface area contributed by atoms with Gasteiger partial charge in [0.15, 0.2) is 0 Å². The molecule has 0 radical (unpaired) electrons. The molecule has 33 heavy (non-hydrogen) atoms. The summed E-state index contributed by atoms with van der Waals surface area (Å²) in [5.74, 6) is -0.465. The molecule has 0 aromatic heterocycles. The van der Waals surface area contributed by atoms with Gasteiger partial charge in [-0.25, -0.2) is 9.18 Å². The molecule has 0 saturated carbocycles. The summed E-state index contributed by atoms with van der Waals surface area (Å²) in [5, 5.41) is 6.31. The summed E-state index contributed by atoms with van der Waals surface area (Å²) < 4.78 is 13.8. The van der Waals surface area contributed by atoms with Gasteiger partial charge in [0, 0.05) is 47.4 Å². The molecule has 3 aromatic rings. The highest BCUT2D eigenvalue weighted by atomic mass is 35.5. The molecule has 1 heterocycles. The Bertz CT molecular complexity index is 1140.